The lowest BCUT2D eigenvalue weighted by atomic mass is 9.63. The van der Waals surface area contributed by atoms with Crippen LogP contribution in [0.15, 0.2) is 83.8 Å². The van der Waals surface area contributed by atoms with Crippen LogP contribution in [0.25, 0.3) is 0 Å². The molecule has 0 N–H and O–H groups in total. The fraction of sp³-hybridized carbons (Fsp3) is 0.300. The zero-order chi connectivity index (χ0) is 27.5. The number of aryl methyl sites for hydroxylation is 1. The summed E-state index contributed by atoms with van der Waals surface area (Å²) in [5.41, 5.74) is 2.10. The molecule has 39 heavy (non-hydrogen) atoms. The van der Waals surface area contributed by atoms with Crippen LogP contribution >= 0.6 is 11.6 Å². The van der Waals surface area contributed by atoms with Gasteiger partial charge in [-0.15, -0.1) is 0 Å². The number of rotatable bonds is 4. The van der Waals surface area contributed by atoms with E-state index in [-0.39, 0.29) is 41.9 Å². The summed E-state index contributed by atoms with van der Waals surface area (Å²) >= 11 is 6.31. The Morgan fingerprint density at radius 1 is 0.846 bits per heavy atom. The third-order valence-electron chi connectivity index (χ3n) is 8.38. The largest absolute Gasteiger partial charge is 0.299 e. The van der Waals surface area contributed by atoms with Gasteiger partial charge in [-0.2, -0.15) is 4.31 Å². The molecule has 6 rings (SSSR count). The Hall–Kier alpha value is -3.33. The van der Waals surface area contributed by atoms with Gasteiger partial charge in [0.25, 0.3) is 0 Å². The van der Waals surface area contributed by atoms with Gasteiger partial charge in [-0.1, -0.05) is 59.6 Å². The summed E-state index contributed by atoms with van der Waals surface area (Å²) in [4.78, 5) is 42.1. The Morgan fingerprint density at radius 3 is 2.26 bits per heavy atom. The number of fused-ring (bicyclic) bond motifs is 3. The number of hydrogen-bond acceptors (Lipinski definition) is 5. The molecule has 2 aliphatic heterocycles. The summed E-state index contributed by atoms with van der Waals surface area (Å²) in [6.45, 7) is 1.82. The minimum atomic E-state index is -3.99. The van der Waals surface area contributed by atoms with Crippen molar-refractivity contribution >= 4 is 44.9 Å². The number of hydrogen-bond donors (Lipinski definition) is 0. The summed E-state index contributed by atoms with van der Waals surface area (Å²) in [6, 6.07) is 21.7. The second kappa shape index (κ2) is 9.70. The van der Waals surface area contributed by atoms with Gasteiger partial charge in [-0.25, -0.2) is 8.42 Å². The highest BCUT2D eigenvalue weighted by Crippen LogP contribution is 2.52. The molecular weight excluding hydrogens is 536 g/mol. The number of sulfonamides is 1. The van der Waals surface area contributed by atoms with E-state index in [1.54, 1.807) is 72.8 Å². The molecule has 1 aliphatic carbocycles. The van der Waals surface area contributed by atoms with Gasteiger partial charge >= 0.3 is 0 Å². The molecule has 9 heteroatoms. The van der Waals surface area contributed by atoms with E-state index in [2.05, 4.69) is 0 Å². The first kappa shape index (κ1) is 25.9. The quantitative estimate of drug-likeness (QED) is 0.426. The molecule has 0 unspecified atom stereocenters. The Bertz CT molecular complexity index is 1570. The molecule has 2 saturated heterocycles. The number of carbonyl (C=O) groups is 3. The molecule has 0 spiro atoms. The Labute approximate surface area is 232 Å². The normalized spacial score (nSPS) is 27.4. The fourth-order valence-corrected chi connectivity index (χ4v) is 8.35. The minimum absolute atomic E-state index is 0.0626. The average molecular weight is 563 g/mol. The third-order valence-corrected chi connectivity index (χ3v) is 10.5. The topological polar surface area (TPSA) is 91.8 Å². The zero-order valence-electron chi connectivity index (χ0n) is 21.2. The summed E-state index contributed by atoms with van der Waals surface area (Å²) in [5, 5.41) is 0.460. The molecule has 2 heterocycles. The molecular formula is C30H27ClN2O5S. The summed E-state index contributed by atoms with van der Waals surface area (Å²) in [5.74, 6) is -3.45. The predicted octanol–water partition coefficient (Wildman–Crippen LogP) is 4.80. The van der Waals surface area contributed by atoms with Crippen LogP contribution in [-0.2, 0) is 24.4 Å². The SMILES string of the molecule is Cc1ccc(S(=O)(=O)N2C[C@H]3C(=O)C[C@@H]4C(=O)N(c5ccccc5)C(=O)[C@@H]4[C@@H]3C[C@H]2c2cccc(Cl)c2)cc1. The number of nitrogens with zero attached hydrogens (tertiary/aromatic N) is 2. The second-order valence-electron chi connectivity index (χ2n) is 10.6. The van der Waals surface area contributed by atoms with E-state index in [0.717, 1.165) is 5.56 Å². The lowest BCUT2D eigenvalue weighted by Crippen LogP contribution is -2.54. The van der Waals surface area contributed by atoms with Crippen molar-refractivity contribution in [1.29, 1.82) is 0 Å². The molecule has 0 aromatic heterocycles. The average Bonchev–Trinajstić information content (AvgIpc) is 3.18. The molecule has 7 nitrogen and oxygen atoms in total. The maximum absolute atomic E-state index is 14.0. The molecule has 0 radical (unpaired) electrons. The minimum Gasteiger partial charge on any atom is -0.299 e. The van der Waals surface area contributed by atoms with E-state index in [1.165, 1.54) is 9.21 Å². The highest BCUT2D eigenvalue weighted by Gasteiger charge is 2.60. The molecule has 3 aliphatic rings. The molecule has 3 aromatic carbocycles. The highest BCUT2D eigenvalue weighted by atomic mass is 35.5. The fourth-order valence-electron chi connectivity index (χ4n) is 6.51. The number of Topliss-reactive ketones (excluding diaryl/α,β-unsaturated/α-hetero) is 1. The van der Waals surface area contributed by atoms with Gasteiger partial charge in [0.05, 0.1) is 28.5 Å². The van der Waals surface area contributed by atoms with Crippen molar-refractivity contribution in [1.82, 2.24) is 4.31 Å². The van der Waals surface area contributed by atoms with Crippen molar-refractivity contribution in [3.63, 3.8) is 0 Å². The third kappa shape index (κ3) is 4.31. The monoisotopic (exact) mass is 562 g/mol. The highest BCUT2D eigenvalue weighted by molar-refractivity contribution is 7.89. The summed E-state index contributed by atoms with van der Waals surface area (Å²) in [7, 11) is -3.99. The van der Waals surface area contributed by atoms with E-state index < -0.39 is 39.7 Å². The number of ketones is 1. The van der Waals surface area contributed by atoms with Crippen LogP contribution in [0.4, 0.5) is 5.69 Å². The Balaban J connectivity index is 1.42. The van der Waals surface area contributed by atoms with Gasteiger partial charge in [-0.05, 0) is 61.2 Å². The van der Waals surface area contributed by atoms with Crippen molar-refractivity contribution in [3.05, 3.63) is 95.0 Å². The van der Waals surface area contributed by atoms with E-state index in [4.69, 9.17) is 11.6 Å². The number of benzene rings is 3. The van der Waals surface area contributed by atoms with Gasteiger partial charge in [-0.3, -0.25) is 19.3 Å². The van der Waals surface area contributed by atoms with Gasteiger partial charge in [0, 0.05) is 23.9 Å². The molecule has 5 atom stereocenters. The number of amides is 2. The standard InChI is InChI=1S/C30H27ClN2O5S/c1-18-10-12-22(13-11-18)39(37,38)32-17-25-23(15-26(32)19-6-5-7-20(31)14-19)28-24(16-27(25)34)29(35)33(30(28)36)21-8-3-2-4-9-21/h2-14,23-26,28H,15-17H2,1H3/t23-,24+,25-,26+,28-/m1/s1. The van der Waals surface area contributed by atoms with Gasteiger partial charge < -0.3 is 0 Å². The van der Waals surface area contributed by atoms with Crippen LogP contribution in [0, 0.1) is 30.6 Å². The Kier molecular flexibility index (Phi) is 6.44. The van der Waals surface area contributed by atoms with E-state index in [0.29, 0.717) is 16.3 Å². The molecule has 2 amide bonds. The number of halogens is 1. The van der Waals surface area contributed by atoms with Crippen molar-refractivity contribution < 1.29 is 22.8 Å². The lowest BCUT2D eigenvalue weighted by molar-refractivity contribution is -0.140. The smallest absolute Gasteiger partial charge is 0.243 e. The van der Waals surface area contributed by atoms with Gasteiger partial charge in [0.15, 0.2) is 0 Å². The number of piperidine rings is 1. The maximum Gasteiger partial charge on any atom is 0.243 e. The lowest BCUT2D eigenvalue weighted by Gasteiger charge is -2.47. The summed E-state index contributed by atoms with van der Waals surface area (Å²) in [6.07, 6.45) is 0.157. The number of carbonyl (C=O) groups excluding carboxylic acids is 3. The van der Waals surface area contributed by atoms with Gasteiger partial charge in [0.1, 0.15) is 5.78 Å². The molecule has 200 valence electrons. The van der Waals surface area contributed by atoms with Crippen LogP contribution in [-0.4, -0.2) is 36.9 Å². The maximum atomic E-state index is 14.0. The van der Waals surface area contributed by atoms with Crippen LogP contribution in [0.2, 0.25) is 5.02 Å². The van der Waals surface area contributed by atoms with Crippen molar-refractivity contribution in [2.45, 2.75) is 30.7 Å². The number of para-hydroxylation sites is 1. The Morgan fingerprint density at radius 2 is 1.56 bits per heavy atom. The van der Waals surface area contributed by atoms with Gasteiger partial charge in [0.2, 0.25) is 21.8 Å². The molecule has 3 aromatic rings. The van der Waals surface area contributed by atoms with Crippen LogP contribution < -0.4 is 4.90 Å². The second-order valence-corrected chi connectivity index (χ2v) is 12.9. The number of anilines is 1. The van der Waals surface area contributed by atoms with E-state index >= 15 is 0 Å². The predicted molar refractivity (Wildman–Crippen MR) is 146 cm³/mol. The molecule has 3 fully saturated rings. The van der Waals surface area contributed by atoms with E-state index in [1.807, 2.05) is 13.0 Å². The van der Waals surface area contributed by atoms with Crippen LogP contribution in [0.3, 0.4) is 0 Å². The first-order chi connectivity index (χ1) is 18.7. The van der Waals surface area contributed by atoms with Crippen molar-refractivity contribution in [3.8, 4) is 0 Å². The first-order valence-corrected chi connectivity index (χ1v) is 14.8. The zero-order valence-corrected chi connectivity index (χ0v) is 22.8. The van der Waals surface area contributed by atoms with E-state index in [9.17, 15) is 22.8 Å². The summed E-state index contributed by atoms with van der Waals surface area (Å²) < 4.78 is 29.4. The molecule has 1 saturated carbocycles. The van der Waals surface area contributed by atoms with Crippen LogP contribution in [0.5, 0.6) is 0 Å². The molecule has 0 bridgehead atoms. The number of imide groups is 1. The van der Waals surface area contributed by atoms with Crippen LogP contribution in [0.1, 0.15) is 30.0 Å². The van der Waals surface area contributed by atoms with Crippen molar-refractivity contribution in [2.24, 2.45) is 23.7 Å². The first-order valence-electron chi connectivity index (χ1n) is 13.0. The van der Waals surface area contributed by atoms with Crippen molar-refractivity contribution in [2.75, 3.05) is 11.4 Å².